The summed E-state index contributed by atoms with van der Waals surface area (Å²) in [4.78, 5) is 3.46. The van der Waals surface area contributed by atoms with Crippen molar-refractivity contribution in [1.29, 1.82) is 5.39 Å². The van der Waals surface area contributed by atoms with Crippen molar-refractivity contribution in [3.05, 3.63) is 125 Å². The van der Waals surface area contributed by atoms with Crippen molar-refractivity contribution in [3.8, 4) is 11.1 Å². The Morgan fingerprint density at radius 2 is 1.41 bits per heavy atom. The van der Waals surface area contributed by atoms with E-state index in [0.717, 1.165) is 22.3 Å². The van der Waals surface area contributed by atoms with Gasteiger partial charge in [-0.3, -0.25) is 4.31 Å². The molecule has 0 aromatic heterocycles. The molecule has 4 rings (SSSR count). The normalized spacial score (nSPS) is 11.3. The van der Waals surface area contributed by atoms with Crippen molar-refractivity contribution in [1.82, 2.24) is 0 Å². The molecule has 0 bridgehead atoms. The molecule has 0 amide bonds. The SMILES string of the molecule is Cc1ccc(S(=O)(=O)N(C/C=C/c2ccc(-c3ccccc3)cc2)c2ccccc2[N+]#N)cc1. The summed E-state index contributed by atoms with van der Waals surface area (Å²) in [5.41, 5.74) is 4.65. The number of aryl methyl sites for hydroxylation is 1. The van der Waals surface area contributed by atoms with Crippen LogP contribution in [-0.2, 0) is 10.0 Å². The molecule has 0 unspecified atom stereocenters. The number of anilines is 1. The summed E-state index contributed by atoms with van der Waals surface area (Å²) in [5, 5.41) is 9.45. The van der Waals surface area contributed by atoms with Gasteiger partial charge < -0.3 is 0 Å². The van der Waals surface area contributed by atoms with Crippen LogP contribution >= 0.6 is 0 Å². The van der Waals surface area contributed by atoms with E-state index in [1.807, 2.05) is 55.5 Å². The van der Waals surface area contributed by atoms with Crippen LogP contribution in [0.2, 0.25) is 0 Å². The van der Waals surface area contributed by atoms with E-state index < -0.39 is 10.0 Å². The molecule has 0 aliphatic heterocycles. The van der Waals surface area contributed by atoms with Crippen LogP contribution in [-0.4, -0.2) is 15.0 Å². The van der Waals surface area contributed by atoms with Crippen LogP contribution in [0.25, 0.3) is 22.2 Å². The molecule has 0 fully saturated rings. The second-order valence-corrected chi connectivity index (χ2v) is 9.69. The maximum absolute atomic E-state index is 13.5. The molecule has 0 atom stereocenters. The third-order valence-electron chi connectivity index (χ3n) is 5.47. The Hall–Kier alpha value is -4.21. The lowest BCUT2D eigenvalue weighted by Crippen LogP contribution is -2.31. The summed E-state index contributed by atoms with van der Waals surface area (Å²) >= 11 is 0. The largest absolute Gasteiger partial charge is 0.409 e. The number of benzene rings is 4. The van der Waals surface area contributed by atoms with Gasteiger partial charge >= 0.3 is 5.69 Å². The highest BCUT2D eigenvalue weighted by Crippen LogP contribution is 2.32. The van der Waals surface area contributed by atoms with E-state index in [4.69, 9.17) is 0 Å². The van der Waals surface area contributed by atoms with Gasteiger partial charge in [0.15, 0.2) is 4.98 Å². The minimum atomic E-state index is -3.89. The molecule has 0 aliphatic rings. The number of rotatable bonds is 7. The van der Waals surface area contributed by atoms with E-state index in [1.165, 1.54) is 4.31 Å². The highest BCUT2D eigenvalue weighted by atomic mass is 32.2. The molecule has 0 aliphatic carbocycles. The fourth-order valence-corrected chi connectivity index (χ4v) is 5.06. The topological polar surface area (TPSA) is 65.5 Å². The van der Waals surface area contributed by atoms with Crippen LogP contribution in [0.15, 0.2) is 114 Å². The van der Waals surface area contributed by atoms with Gasteiger partial charge in [0.2, 0.25) is 5.39 Å². The highest BCUT2D eigenvalue weighted by Gasteiger charge is 2.29. The predicted molar refractivity (Wildman–Crippen MR) is 138 cm³/mol. The third-order valence-corrected chi connectivity index (χ3v) is 7.26. The summed E-state index contributed by atoms with van der Waals surface area (Å²) in [7, 11) is -3.89. The summed E-state index contributed by atoms with van der Waals surface area (Å²) in [5.74, 6) is 0. The molecule has 0 saturated carbocycles. The average molecular weight is 467 g/mol. The third kappa shape index (κ3) is 5.06. The monoisotopic (exact) mass is 466 g/mol. The number of sulfonamides is 1. The molecule has 34 heavy (non-hydrogen) atoms. The zero-order chi connectivity index (χ0) is 24.0. The van der Waals surface area contributed by atoms with E-state index in [9.17, 15) is 13.8 Å². The Labute approximate surface area is 200 Å². The Kier molecular flexibility index (Phi) is 6.86. The van der Waals surface area contributed by atoms with Crippen molar-refractivity contribution in [2.24, 2.45) is 0 Å². The second kappa shape index (κ2) is 10.2. The molecule has 168 valence electrons. The van der Waals surface area contributed by atoms with Gasteiger partial charge in [0, 0.05) is 6.07 Å². The van der Waals surface area contributed by atoms with E-state index in [0.29, 0.717) is 5.69 Å². The number of hydrogen-bond acceptors (Lipinski definition) is 3. The summed E-state index contributed by atoms with van der Waals surface area (Å²) < 4.78 is 28.3. The van der Waals surface area contributed by atoms with E-state index in [2.05, 4.69) is 17.1 Å². The van der Waals surface area contributed by atoms with Gasteiger partial charge in [0.25, 0.3) is 10.0 Å². The van der Waals surface area contributed by atoms with Crippen LogP contribution in [0.5, 0.6) is 0 Å². The molecular formula is C28H24N3O2S+. The molecule has 6 heteroatoms. The summed E-state index contributed by atoms with van der Waals surface area (Å²) in [6, 6.07) is 31.5. The molecule has 0 saturated heterocycles. The molecule has 0 radical (unpaired) electrons. The van der Waals surface area contributed by atoms with Crippen molar-refractivity contribution in [3.63, 3.8) is 0 Å². The molecule has 4 aromatic carbocycles. The lowest BCUT2D eigenvalue weighted by Gasteiger charge is -2.21. The number of para-hydroxylation sites is 1. The predicted octanol–water partition coefficient (Wildman–Crippen LogP) is 7.06. The molecular weight excluding hydrogens is 442 g/mol. The van der Waals surface area contributed by atoms with Crippen LogP contribution in [0.4, 0.5) is 11.4 Å². The van der Waals surface area contributed by atoms with Gasteiger partial charge in [0.1, 0.15) is 5.69 Å². The molecule has 0 N–H and O–H groups in total. The summed E-state index contributed by atoms with van der Waals surface area (Å²) in [6.07, 6.45) is 3.67. The van der Waals surface area contributed by atoms with Gasteiger partial charge in [-0.15, -0.1) is 0 Å². The van der Waals surface area contributed by atoms with Gasteiger partial charge in [-0.25, -0.2) is 8.42 Å². The van der Waals surface area contributed by atoms with Crippen LogP contribution in [0, 0.1) is 12.3 Å². The van der Waals surface area contributed by atoms with Crippen LogP contribution < -0.4 is 4.31 Å². The van der Waals surface area contributed by atoms with Crippen molar-refractivity contribution >= 4 is 27.5 Å². The van der Waals surface area contributed by atoms with Gasteiger partial charge in [-0.2, -0.15) is 0 Å². The Bertz CT molecular complexity index is 1440. The molecule has 0 heterocycles. The summed E-state index contributed by atoms with van der Waals surface area (Å²) in [6.45, 7) is 1.98. The zero-order valence-corrected chi connectivity index (χ0v) is 19.6. The average Bonchev–Trinajstić information content (AvgIpc) is 2.88. The molecule has 4 aromatic rings. The number of hydrogen-bond donors (Lipinski definition) is 0. The first-order valence-electron chi connectivity index (χ1n) is 10.8. The Morgan fingerprint density at radius 1 is 0.794 bits per heavy atom. The minimum absolute atomic E-state index is 0.0726. The second-order valence-electron chi connectivity index (χ2n) is 7.83. The standard InChI is InChI=1S/C28H24N3O2S/c1-22-13-19-26(20-14-22)34(32,33)31(28-12-6-5-11-27(28)30-29)21-7-8-23-15-17-25(18-16-23)24-9-3-2-4-10-24/h2-20H,21H2,1H3/q+1/b8-7+. The first kappa shape index (κ1) is 23.0. The molecule has 5 nitrogen and oxygen atoms in total. The Morgan fingerprint density at radius 3 is 2.09 bits per heavy atom. The maximum Gasteiger partial charge on any atom is 0.409 e. The maximum atomic E-state index is 13.5. The van der Waals surface area contributed by atoms with E-state index >= 15 is 0 Å². The van der Waals surface area contributed by atoms with Gasteiger partial charge in [0.05, 0.1) is 11.4 Å². The number of diazo groups is 1. The van der Waals surface area contributed by atoms with E-state index in [-0.39, 0.29) is 17.1 Å². The minimum Gasteiger partial charge on any atom is -0.254 e. The van der Waals surface area contributed by atoms with Crippen molar-refractivity contribution in [2.75, 3.05) is 10.8 Å². The van der Waals surface area contributed by atoms with Crippen LogP contribution in [0.1, 0.15) is 11.1 Å². The van der Waals surface area contributed by atoms with E-state index in [1.54, 1.807) is 54.6 Å². The first-order valence-corrected chi connectivity index (χ1v) is 12.3. The fraction of sp³-hybridized carbons (Fsp3) is 0.0714. The smallest absolute Gasteiger partial charge is 0.254 e. The van der Waals surface area contributed by atoms with Crippen LogP contribution in [0.3, 0.4) is 0 Å². The van der Waals surface area contributed by atoms with Crippen molar-refractivity contribution in [2.45, 2.75) is 11.8 Å². The Balaban J connectivity index is 1.63. The first-order chi connectivity index (χ1) is 16.5. The zero-order valence-electron chi connectivity index (χ0n) is 18.7. The van der Waals surface area contributed by atoms with Gasteiger partial charge in [-0.1, -0.05) is 96.6 Å². The highest BCUT2D eigenvalue weighted by molar-refractivity contribution is 7.92. The lowest BCUT2D eigenvalue weighted by atomic mass is 10.0. The fourth-order valence-electron chi connectivity index (χ4n) is 3.62. The lowest BCUT2D eigenvalue weighted by molar-refractivity contribution is 0.593. The van der Waals surface area contributed by atoms with Crippen molar-refractivity contribution < 1.29 is 8.42 Å². The van der Waals surface area contributed by atoms with Gasteiger partial charge in [-0.05, 0) is 41.8 Å². The quantitative estimate of drug-likeness (QED) is 0.274. The number of nitrogens with zero attached hydrogens (tertiary/aromatic N) is 3. The molecule has 0 spiro atoms.